The van der Waals surface area contributed by atoms with Gasteiger partial charge in [0.05, 0.1) is 6.61 Å². The first kappa shape index (κ1) is 21.1. The molecule has 2 aromatic rings. The summed E-state index contributed by atoms with van der Waals surface area (Å²) in [6.07, 6.45) is 4.84. The van der Waals surface area contributed by atoms with Gasteiger partial charge in [-0.05, 0) is 67.7 Å². The van der Waals surface area contributed by atoms with Crippen LogP contribution in [0.4, 0.5) is 16.5 Å². The van der Waals surface area contributed by atoms with E-state index in [9.17, 15) is 4.79 Å². The maximum atomic E-state index is 11.8. The zero-order valence-electron chi connectivity index (χ0n) is 19.0. The molecule has 2 amide bonds. The summed E-state index contributed by atoms with van der Waals surface area (Å²) in [7, 11) is 0. The number of urea groups is 1. The highest BCUT2D eigenvalue weighted by Crippen LogP contribution is 2.50. The van der Waals surface area contributed by atoms with Crippen molar-refractivity contribution in [1.29, 1.82) is 0 Å². The lowest BCUT2D eigenvalue weighted by molar-refractivity contribution is 0.252. The van der Waals surface area contributed by atoms with Gasteiger partial charge in [0.25, 0.3) is 0 Å². The fraction of sp³-hybridized carbons (Fsp3) is 0.625. The second-order valence-electron chi connectivity index (χ2n) is 9.59. The topological polar surface area (TPSA) is 83.7 Å². The summed E-state index contributed by atoms with van der Waals surface area (Å²) in [6, 6.07) is 8.50. The lowest BCUT2D eigenvalue weighted by atomic mass is 9.90. The second kappa shape index (κ2) is 9.00. The van der Waals surface area contributed by atoms with Crippen molar-refractivity contribution in [3.05, 3.63) is 30.1 Å². The summed E-state index contributed by atoms with van der Waals surface area (Å²) >= 11 is 0. The Bertz CT molecular complexity index is 920. The van der Waals surface area contributed by atoms with Gasteiger partial charge in [-0.15, -0.1) is 0 Å². The molecule has 2 unspecified atom stereocenters. The van der Waals surface area contributed by atoms with Gasteiger partial charge in [0, 0.05) is 37.8 Å². The Morgan fingerprint density at radius 3 is 2.62 bits per heavy atom. The predicted molar refractivity (Wildman–Crippen MR) is 122 cm³/mol. The summed E-state index contributed by atoms with van der Waals surface area (Å²) in [4.78, 5) is 20.3. The molecule has 8 nitrogen and oxygen atoms in total. The van der Waals surface area contributed by atoms with Crippen LogP contribution in [0, 0.1) is 17.8 Å². The number of carbonyl (C=O) groups is 1. The number of rotatable bonds is 8. The molecule has 1 saturated carbocycles. The first-order chi connectivity index (χ1) is 15.6. The number of amides is 2. The van der Waals surface area contributed by atoms with E-state index in [2.05, 4.69) is 34.2 Å². The molecule has 1 aromatic heterocycles. The van der Waals surface area contributed by atoms with Gasteiger partial charge in [-0.3, -0.25) is 4.90 Å². The average Bonchev–Trinajstić information content (AvgIpc) is 3.19. The number of aromatic nitrogens is 2. The minimum atomic E-state index is -0.0262. The van der Waals surface area contributed by atoms with Gasteiger partial charge in [-0.1, -0.05) is 19.0 Å². The first-order valence-electron chi connectivity index (χ1n) is 12.0. The lowest BCUT2D eigenvalue weighted by Crippen LogP contribution is -2.34. The quantitative estimate of drug-likeness (QED) is 0.668. The van der Waals surface area contributed by atoms with E-state index in [-0.39, 0.29) is 6.03 Å². The third kappa shape index (κ3) is 4.54. The van der Waals surface area contributed by atoms with Crippen LogP contribution >= 0.6 is 0 Å². The molecule has 172 valence electrons. The number of carbonyl (C=O) groups excluding carboxylic acids is 1. The van der Waals surface area contributed by atoms with Crippen LogP contribution in [0.3, 0.4) is 0 Å². The molecule has 3 heterocycles. The van der Waals surface area contributed by atoms with Crippen LogP contribution in [-0.4, -0.2) is 49.0 Å². The van der Waals surface area contributed by atoms with E-state index in [0.29, 0.717) is 18.5 Å². The Labute approximate surface area is 189 Å². The Kier molecular flexibility index (Phi) is 5.93. The minimum Gasteiger partial charge on any atom is -0.494 e. The molecule has 32 heavy (non-hydrogen) atoms. The van der Waals surface area contributed by atoms with Crippen molar-refractivity contribution < 1.29 is 14.1 Å². The molecule has 1 aromatic carbocycles. The predicted octanol–water partition coefficient (Wildman–Crippen LogP) is 4.04. The lowest BCUT2D eigenvalue weighted by Gasteiger charge is -2.30. The fourth-order valence-corrected chi connectivity index (χ4v) is 5.06. The van der Waals surface area contributed by atoms with Gasteiger partial charge in [0.2, 0.25) is 0 Å². The molecular formula is C24H33N5O3. The molecule has 8 heteroatoms. The zero-order chi connectivity index (χ0) is 22.1. The van der Waals surface area contributed by atoms with Crippen LogP contribution in [0.2, 0.25) is 0 Å². The maximum absolute atomic E-state index is 11.8. The van der Waals surface area contributed by atoms with E-state index in [1.54, 1.807) is 4.90 Å². The van der Waals surface area contributed by atoms with Gasteiger partial charge < -0.3 is 19.5 Å². The average molecular weight is 440 g/mol. The largest absolute Gasteiger partial charge is 0.494 e. The number of nitrogens with zero attached hydrogens (tertiary/aromatic N) is 4. The van der Waals surface area contributed by atoms with Crippen molar-refractivity contribution >= 4 is 17.7 Å². The number of ether oxygens (including phenoxy) is 1. The molecule has 2 atom stereocenters. The maximum Gasteiger partial charge on any atom is 0.324 e. The fourth-order valence-electron chi connectivity index (χ4n) is 5.06. The summed E-state index contributed by atoms with van der Waals surface area (Å²) in [5.41, 5.74) is 0.918. The number of anilines is 2. The number of hydrogen-bond acceptors (Lipinski definition) is 6. The molecule has 0 radical (unpaired) electrons. The van der Waals surface area contributed by atoms with E-state index < -0.39 is 0 Å². The SMILES string of the molecule is CC(C)c1noc(N2CCC(C3CC3CCOc3ccc(N4CCNC4=O)cc3)CC2)n1. The number of hydrogen-bond donors (Lipinski definition) is 1. The van der Waals surface area contributed by atoms with Crippen molar-refractivity contribution in [2.75, 3.05) is 42.6 Å². The van der Waals surface area contributed by atoms with Crippen LogP contribution in [0.25, 0.3) is 0 Å². The van der Waals surface area contributed by atoms with Gasteiger partial charge in [-0.2, -0.15) is 4.98 Å². The molecule has 1 N–H and O–H groups in total. The Hall–Kier alpha value is -2.77. The number of nitrogens with one attached hydrogen (secondary N) is 1. The number of benzene rings is 1. The van der Waals surface area contributed by atoms with Gasteiger partial charge in [-0.25, -0.2) is 4.79 Å². The molecule has 0 bridgehead atoms. The zero-order valence-corrected chi connectivity index (χ0v) is 19.0. The molecule has 2 aliphatic heterocycles. The third-order valence-corrected chi connectivity index (χ3v) is 7.10. The second-order valence-corrected chi connectivity index (χ2v) is 9.59. The van der Waals surface area contributed by atoms with Crippen LogP contribution in [0.1, 0.15) is 51.3 Å². The van der Waals surface area contributed by atoms with Crippen molar-refractivity contribution in [2.24, 2.45) is 17.8 Å². The minimum absolute atomic E-state index is 0.0262. The van der Waals surface area contributed by atoms with Crippen molar-refractivity contribution in [2.45, 2.75) is 45.4 Å². The van der Waals surface area contributed by atoms with Crippen LogP contribution in [0.5, 0.6) is 5.75 Å². The summed E-state index contributed by atoms with van der Waals surface area (Å²) < 4.78 is 11.4. The van der Waals surface area contributed by atoms with E-state index >= 15 is 0 Å². The van der Waals surface area contributed by atoms with Crippen LogP contribution < -0.4 is 19.9 Å². The smallest absolute Gasteiger partial charge is 0.324 e. The molecule has 3 fully saturated rings. The monoisotopic (exact) mass is 439 g/mol. The van der Waals surface area contributed by atoms with Gasteiger partial charge in [0.1, 0.15) is 5.75 Å². The van der Waals surface area contributed by atoms with Crippen LogP contribution in [-0.2, 0) is 0 Å². The molecular weight excluding hydrogens is 406 g/mol. The van der Waals surface area contributed by atoms with Crippen LogP contribution in [0.15, 0.2) is 28.8 Å². The summed E-state index contributed by atoms with van der Waals surface area (Å²) in [5.74, 6) is 4.39. The van der Waals surface area contributed by atoms with E-state index in [1.165, 1.54) is 19.3 Å². The summed E-state index contributed by atoms with van der Waals surface area (Å²) in [5, 5.41) is 6.92. The molecule has 0 spiro atoms. The van der Waals surface area contributed by atoms with E-state index in [1.807, 2.05) is 24.3 Å². The Balaban J connectivity index is 1.02. The highest BCUT2D eigenvalue weighted by atomic mass is 16.5. The van der Waals surface area contributed by atoms with Gasteiger partial charge >= 0.3 is 12.0 Å². The normalized spacial score (nSPS) is 23.7. The van der Waals surface area contributed by atoms with E-state index in [4.69, 9.17) is 9.26 Å². The van der Waals surface area contributed by atoms with Crippen molar-refractivity contribution in [3.63, 3.8) is 0 Å². The first-order valence-corrected chi connectivity index (χ1v) is 12.0. The van der Waals surface area contributed by atoms with E-state index in [0.717, 1.165) is 67.7 Å². The Morgan fingerprint density at radius 1 is 1.19 bits per heavy atom. The highest BCUT2D eigenvalue weighted by Gasteiger charge is 2.43. The number of piperidine rings is 1. The summed E-state index contributed by atoms with van der Waals surface area (Å²) in [6.45, 7) is 8.35. The molecule has 3 aliphatic rings. The van der Waals surface area contributed by atoms with Crippen molar-refractivity contribution in [1.82, 2.24) is 15.5 Å². The molecule has 2 saturated heterocycles. The standard InChI is InChI=1S/C24H33N5O3/c1-16(2)22-26-24(32-27-22)28-11-7-17(8-12-28)21-15-18(21)9-14-31-20-5-3-19(4-6-20)29-13-10-25-23(29)30/h3-6,16-18,21H,7-15H2,1-2H3,(H,25,30). The third-order valence-electron chi connectivity index (χ3n) is 7.10. The molecule has 1 aliphatic carbocycles. The Morgan fingerprint density at radius 2 is 1.97 bits per heavy atom. The van der Waals surface area contributed by atoms with Crippen molar-refractivity contribution in [3.8, 4) is 5.75 Å². The molecule has 5 rings (SSSR count). The van der Waals surface area contributed by atoms with Gasteiger partial charge in [0.15, 0.2) is 5.82 Å². The highest BCUT2D eigenvalue weighted by molar-refractivity contribution is 5.94.